The fourth-order valence-electron chi connectivity index (χ4n) is 6.37. The minimum Gasteiger partial charge on any atom is -0.480 e. The van der Waals surface area contributed by atoms with Crippen molar-refractivity contribution < 1.29 is 47.5 Å². The van der Waals surface area contributed by atoms with Crippen molar-refractivity contribution >= 4 is 25.7 Å². The molecule has 0 aromatic heterocycles. The Balaban J connectivity index is 4.28. The number of hydrogen-bond donors (Lipinski definition) is 3. The number of phosphoric ester groups is 1. The monoisotopic (exact) mass is 868 g/mol. The van der Waals surface area contributed by atoms with Gasteiger partial charge in [-0.25, -0.2) is 4.57 Å². The molecule has 0 aliphatic carbocycles. The molecule has 0 aliphatic rings. The summed E-state index contributed by atoms with van der Waals surface area (Å²) < 4.78 is 32.7. The zero-order valence-corrected chi connectivity index (χ0v) is 38.7. The quantitative estimate of drug-likeness (QED) is 0.0230. The van der Waals surface area contributed by atoms with Gasteiger partial charge in [-0.3, -0.25) is 23.4 Å². The van der Waals surface area contributed by atoms with Crippen LogP contribution in [-0.2, 0) is 37.5 Å². The normalized spacial score (nSPS) is 14.1. The molecule has 0 amide bonds. The molecule has 3 atom stereocenters. The Morgan fingerprint density at radius 2 is 0.933 bits per heavy atom. The molecule has 0 aromatic carbocycles. The zero-order chi connectivity index (χ0) is 44.2. The fraction of sp³-hybridized carbons (Fsp3) is 0.771. The second kappa shape index (κ2) is 43.1. The average Bonchev–Trinajstić information content (AvgIpc) is 3.22. The van der Waals surface area contributed by atoms with Crippen LogP contribution in [0.1, 0.15) is 206 Å². The van der Waals surface area contributed by atoms with Crippen LogP contribution in [-0.4, -0.2) is 59.9 Å². The molecule has 0 rings (SSSR count). The van der Waals surface area contributed by atoms with Gasteiger partial charge in [0.25, 0.3) is 0 Å². The Labute approximate surface area is 365 Å². The molecule has 0 aliphatic heterocycles. The van der Waals surface area contributed by atoms with Crippen LogP contribution in [0.2, 0.25) is 0 Å². The first-order chi connectivity index (χ1) is 29.1. The summed E-state index contributed by atoms with van der Waals surface area (Å²) >= 11 is 0. The van der Waals surface area contributed by atoms with Gasteiger partial charge in [0.1, 0.15) is 12.6 Å². The highest BCUT2D eigenvalue weighted by Gasteiger charge is 2.28. The van der Waals surface area contributed by atoms with E-state index in [4.69, 9.17) is 24.8 Å². The van der Waals surface area contributed by atoms with E-state index in [1.54, 1.807) is 0 Å². The number of aliphatic carboxylic acids is 1. The largest absolute Gasteiger partial charge is 0.480 e. The number of ether oxygens (including phenoxy) is 2. The molecule has 348 valence electrons. The highest BCUT2D eigenvalue weighted by Crippen LogP contribution is 2.43. The van der Waals surface area contributed by atoms with Gasteiger partial charge in [0.2, 0.25) is 0 Å². The van der Waals surface area contributed by atoms with Gasteiger partial charge in [-0.1, -0.05) is 172 Å². The van der Waals surface area contributed by atoms with Gasteiger partial charge in [0.15, 0.2) is 6.10 Å². The van der Waals surface area contributed by atoms with Crippen molar-refractivity contribution in [3.8, 4) is 0 Å². The second-order valence-corrected chi connectivity index (χ2v) is 17.3. The molecule has 0 aromatic rings. The van der Waals surface area contributed by atoms with Gasteiger partial charge < -0.3 is 25.2 Å². The van der Waals surface area contributed by atoms with Gasteiger partial charge >= 0.3 is 25.7 Å². The number of esters is 2. The lowest BCUT2D eigenvalue weighted by molar-refractivity contribution is -0.161. The first-order valence-electron chi connectivity index (χ1n) is 23.7. The van der Waals surface area contributed by atoms with Crippen molar-refractivity contribution in [2.45, 2.75) is 219 Å². The predicted octanol–water partition coefficient (Wildman–Crippen LogP) is 13.0. The van der Waals surface area contributed by atoms with E-state index < -0.39 is 51.1 Å². The molecule has 0 radical (unpaired) electrons. The molecule has 0 saturated carbocycles. The first kappa shape index (κ1) is 57.4. The first-order valence-corrected chi connectivity index (χ1v) is 25.2. The van der Waals surface area contributed by atoms with Gasteiger partial charge in [-0.2, -0.15) is 0 Å². The number of unbranched alkanes of at least 4 members (excludes halogenated alkanes) is 22. The molecule has 4 N–H and O–H groups in total. The maximum absolute atomic E-state index is 12.6. The summed E-state index contributed by atoms with van der Waals surface area (Å²) in [6, 6.07) is -1.53. The number of carbonyl (C=O) groups excluding carboxylic acids is 2. The van der Waals surface area contributed by atoms with Crippen molar-refractivity contribution in [1.29, 1.82) is 0 Å². The molecular weight excluding hydrogens is 781 g/mol. The number of carboxylic acids is 1. The molecule has 0 heterocycles. The van der Waals surface area contributed by atoms with Crippen LogP contribution in [0.25, 0.3) is 0 Å². The van der Waals surface area contributed by atoms with Crippen LogP contribution < -0.4 is 5.73 Å². The van der Waals surface area contributed by atoms with Crippen molar-refractivity contribution in [3.05, 3.63) is 48.6 Å². The average molecular weight is 868 g/mol. The van der Waals surface area contributed by atoms with Crippen LogP contribution in [0, 0.1) is 0 Å². The zero-order valence-electron chi connectivity index (χ0n) is 37.8. The number of hydrogen-bond acceptors (Lipinski definition) is 9. The van der Waals surface area contributed by atoms with E-state index in [1.165, 1.54) is 96.3 Å². The Kier molecular flexibility index (Phi) is 41.3. The molecule has 1 unspecified atom stereocenters. The number of rotatable bonds is 44. The molecule has 0 fully saturated rings. The number of nitrogens with two attached hydrogens (primary N) is 1. The molecule has 60 heavy (non-hydrogen) atoms. The smallest absolute Gasteiger partial charge is 0.472 e. The standard InChI is InChI=1S/C48H86NO10P/c1-3-5-7-9-11-13-15-17-19-20-21-22-23-24-26-27-29-31-33-35-37-39-46(50)56-41-44(42-57-60(54,55)58-43-45(49)48(52)53)59-47(51)40-38-36-34-32-30-28-25-18-16-14-12-10-8-6-4-2/h6,8,12,14,17-19,25,44-45H,3-5,7,9-11,13,15-16,20-24,26-43,49H2,1-2H3,(H,52,53)(H,54,55)/b8-6-,14-12-,19-17-,25-18-/t44-,45+/m1/s1. The van der Waals surface area contributed by atoms with E-state index in [1.807, 2.05) is 0 Å². The van der Waals surface area contributed by atoms with Crippen molar-refractivity contribution in [1.82, 2.24) is 0 Å². The molecule has 11 nitrogen and oxygen atoms in total. The molecule has 12 heteroatoms. The van der Waals surface area contributed by atoms with E-state index in [0.29, 0.717) is 12.8 Å². The van der Waals surface area contributed by atoms with E-state index in [-0.39, 0.29) is 19.4 Å². The molecule has 0 saturated heterocycles. The fourth-order valence-corrected chi connectivity index (χ4v) is 7.15. The summed E-state index contributed by atoms with van der Waals surface area (Å²) in [5.41, 5.74) is 5.34. The Morgan fingerprint density at radius 1 is 0.533 bits per heavy atom. The Hall–Kier alpha value is -2.56. The maximum atomic E-state index is 12.6. The highest BCUT2D eigenvalue weighted by molar-refractivity contribution is 7.47. The van der Waals surface area contributed by atoms with Crippen molar-refractivity contribution in [2.24, 2.45) is 5.73 Å². The predicted molar refractivity (Wildman–Crippen MR) is 245 cm³/mol. The maximum Gasteiger partial charge on any atom is 0.472 e. The van der Waals surface area contributed by atoms with E-state index in [2.05, 4.69) is 67.0 Å². The number of allylic oxidation sites excluding steroid dienone is 8. The third kappa shape index (κ3) is 42.1. The molecular formula is C48H86NO10P. The summed E-state index contributed by atoms with van der Waals surface area (Å²) in [4.78, 5) is 46.1. The van der Waals surface area contributed by atoms with Gasteiger partial charge in [0.05, 0.1) is 13.2 Å². The van der Waals surface area contributed by atoms with Crippen LogP contribution in [0.15, 0.2) is 48.6 Å². The molecule has 0 spiro atoms. The van der Waals surface area contributed by atoms with Gasteiger partial charge in [-0.05, 0) is 70.6 Å². The molecule has 0 bridgehead atoms. The Morgan fingerprint density at radius 3 is 1.42 bits per heavy atom. The second-order valence-electron chi connectivity index (χ2n) is 15.9. The summed E-state index contributed by atoms with van der Waals surface area (Å²) in [6.45, 7) is 2.68. The summed E-state index contributed by atoms with van der Waals surface area (Å²) in [6.07, 6.45) is 48.9. The Bertz CT molecular complexity index is 1200. The van der Waals surface area contributed by atoms with E-state index in [9.17, 15) is 23.8 Å². The third-order valence-electron chi connectivity index (χ3n) is 10.1. The highest BCUT2D eigenvalue weighted by atomic mass is 31.2. The lowest BCUT2D eigenvalue weighted by Gasteiger charge is -2.20. The van der Waals surface area contributed by atoms with Crippen LogP contribution in [0.5, 0.6) is 0 Å². The van der Waals surface area contributed by atoms with E-state index in [0.717, 1.165) is 70.6 Å². The van der Waals surface area contributed by atoms with Crippen LogP contribution >= 0.6 is 7.82 Å². The summed E-state index contributed by atoms with van der Waals surface area (Å²) in [5, 5.41) is 8.90. The van der Waals surface area contributed by atoms with E-state index >= 15 is 0 Å². The topological polar surface area (TPSA) is 172 Å². The van der Waals surface area contributed by atoms with Gasteiger partial charge in [-0.15, -0.1) is 0 Å². The van der Waals surface area contributed by atoms with Gasteiger partial charge in [0, 0.05) is 12.8 Å². The van der Waals surface area contributed by atoms with Crippen molar-refractivity contribution in [3.63, 3.8) is 0 Å². The minimum absolute atomic E-state index is 0.141. The lowest BCUT2D eigenvalue weighted by Crippen LogP contribution is -2.34. The summed E-state index contributed by atoms with van der Waals surface area (Å²) in [7, 11) is -4.72. The number of carboxylic acid groups (broad SMARTS) is 1. The minimum atomic E-state index is -4.72. The SMILES string of the molecule is CC/C=C\C/C=C\C/C=C\CCCCCCCC(=O)O[C@H](COC(=O)CCCCCCCCCCCCC/C=C\CCCCCCCC)COP(=O)(O)OC[C@H](N)C(=O)O. The van der Waals surface area contributed by atoms with Crippen LogP contribution in [0.3, 0.4) is 0 Å². The van der Waals surface area contributed by atoms with Crippen LogP contribution in [0.4, 0.5) is 0 Å². The third-order valence-corrected chi connectivity index (χ3v) is 11.0. The lowest BCUT2D eigenvalue weighted by atomic mass is 10.0. The number of phosphoric acid groups is 1. The van der Waals surface area contributed by atoms with Crippen molar-refractivity contribution in [2.75, 3.05) is 19.8 Å². The number of carbonyl (C=O) groups is 3. The summed E-state index contributed by atoms with van der Waals surface area (Å²) in [5.74, 6) is -2.40.